The number of hydrogen-bond donors (Lipinski definition) is 1. The average Bonchev–Trinajstić information content (AvgIpc) is 2.69. The summed E-state index contributed by atoms with van der Waals surface area (Å²) < 4.78 is 31.7. The van der Waals surface area contributed by atoms with Crippen LogP contribution in [0.4, 0.5) is 0 Å². The van der Waals surface area contributed by atoms with Crippen LogP contribution in [-0.2, 0) is 32.7 Å². The van der Waals surface area contributed by atoms with Crippen LogP contribution in [0.2, 0.25) is 0 Å². The lowest BCUT2D eigenvalue weighted by Gasteiger charge is -2.12. The van der Waals surface area contributed by atoms with E-state index < -0.39 is 7.82 Å². The van der Waals surface area contributed by atoms with Crippen molar-refractivity contribution in [3.63, 3.8) is 0 Å². The van der Waals surface area contributed by atoms with Gasteiger partial charge in [0.05, 0.1) is 26.4 Å². The fourth-order valence-corrected chi connectivity index (χ4v) is 3.11. The van der Waals surface area contributed by atoms with Crippen LogP contribution < -0.4 is 0 Å². The van der Waals surface area contributed by atoms with Gasteiger partial charge in [0, 0.05) is 12.8 Å². The van der Waals surface area contributed by atoms with Crippen LogP contribution in [0.15, 0.2) is 0 Å². The van der Waals surface area contributed by atoms with Crippen LogP contribution in [0.3, 0.4) is 0 Å². The van der Waals surface area contributed by atoms with Gasteiger partial charge >= 0.3 is 19.8 Å². The lowest BCUT2D eigenvalue weighted by molar-refractivity contribution is -0.144. The van der Waals surface area contributed by atoms with E-state index in [1.807, 2.05) is 13.8 Å². The van der Waals surface area contributed by atoms with Crippen molar-refractivity contribution in [2.75, 3.05) is 26.4 Å². The minimum Gasteiger partial charge on any atom is -0.466 e. The van der Waals surface area contributed by atoms with Crippen LogP contribution in [-0.4, -0.2) is 43.3 Å². The molecule has 0 heterocycles. The zero-order valence-corrected chi connectivity index (χ0v) is 19.0. The first kappa shape index (κ1) is 28.1. The summed E-state index contributed by atoms with van der Waals surface area (Å²) in [6, 6.07) is 0. The lowest BCUT2D eigenvalue weighted by atomic mass is 10.2. The van der Waals surface area contributed by atoms with Crippen LogP contribution >= 0.6 is 7.82 Å². The summed E-state index contributed by atoms with van der Waals surface area (Å²) in [5.41, 5.74) is 0. The number of hydrogen-bond acceptors (Lipinski definition) is 7. The summed E-state index contributed by atoms with van der Waals surface area (Å²) in [6.45, 7) is 5.00. The van der Waals surface area contributed by atoms with Crippen molar-refractivity contribution in [3.8, 4) is 0 Å². The maximum absolute atomic E-state index is 11.7. The van der Waals surface area contributed by atoms with E-state index in [1.54, 1.807) is 0 Å². The van der Waals surface area contributed by atoms with E-state index in [-0.39, 0.29) is 25.2 Å². The number of phosphoric ester groups is 1. The molecular weight excluding hydrogens is 399 g/mol. The number of carbonyl (C=O) groups is 2. The molecule has 0 aliphatic carbocycles. The van der Waals surface area contributed by atoms with Crippen molar-refractivity contribution in [1.82, 2.24) is 0 Å². The molecular formula is C20H39O8P. The summed E-state index contributed by atoms with van der Waals surface area (Å²) >= 11 is 0. The SMILES string of the molecule is CCCCC(=O)OCCCCCOP(=O)(O)OCCCCCOC(=O)CCCC. The molecule has 0 unspecified atom stereocenters. The second-order valence-corrected chi connectivity index (χ2v) is 8.36. The Morgan fingerprint density at radius 2 is 1.03 bits per heavy atom. The second kappa shape index (κ2) is 19.0. The normalized spacial score (nSPS) is 11.4. The molecule has 0 saturated heterocycles. The van der Waals surface area contributed by atoms with Gasteiger partial charge in [-0.15, -0.1) is 0 Å². The van der Waals surface area contributed by atoms with E-state index >= 15 is 0 Å². The number of phosphoric acid groups is 1. The van der Waals surface area contributed by atoms with Crippen molar-refractivity contribution in [2.45, 2.75) is 90.9 Å². The summed E-state index contributed by atoms with van der Waals surface area (Å²) in [5.74, 6) is -0.350. The Morgan fingerprint density at radius 3 is 1.41 bits per heavy atom. The molecule has 0 aromatic carbocycles. The van der Waals surface area contributed by atoms with Gasteiger partial charge in [0.2, 0.25) is 0 Å². The Labute approximate surface area is 175 Å². The van der Waals surface area contributed by atoms with E-state index in [9.17, 15) is 19.0 Å². The molecule has 1 N–H and O–H groups in total. The molecule has 0 fully saturated rings. The van der Waals surface area contributed by atoms with E-state index in [1.165, 1.54) is 0 Å². The van der Waals surface area contributed by atoms with E-state index in [0.717, 1.165) is 38.5 Å². The fraction of sp³-hybridized carbons (Fsp3) is 0.900. The van der Waals surface area contributed by atoms with E-state index in [2.05, 4.69) is 0 Å². The zero-order valence-electron chi connectivity index (χ0n) is 18.1. The smallest absolute Gasteiger partial charge is 0.466 e. The Bertz CT molecular complexity index is 431. The van der Waals surface area contributed by atoms with Crippen LogP contribution in [0.1, 0.15) is 90.9 Å². The number of rotatable bonds is 20. The van der Waals surface area contributed by atoms with Gasteiger partial charge in [-0.2, -0.15) is 0 Å². The highest BCUT2D eigenvalue weighted by atomic mass is 31.2. The van der Waals surface area contributed by atoms with Gasteiger partial charge in [-0.1, -0.05) is 26.7 Å². The number of ether oxygens (including phenoxy) is 2. The first-order valence-electron chi connectivity index (χ1n) is 10.8. The zero-order chi connectivity index (χ0) is 21.8. The third-order valence-electron chi connectivity index (χ3n) is 4.08. The lowest BCUT2D eigenvalue weighted by Crippen LogP contribution is -2.06. The molecule has 9 heteroatoms. The van der Waals surface area contributed by atoms with Crippen molar-refractivity contribution < 1.29 is 37.6 Å². The molecule has 8 nitrogen and oxygen atoms in total. The Hall–Kier alpha value is -0.950. The monoisotopic (exact) mass is 438 g/mol. The second-order valence-electron chi connectivity index (χ2n) is 6.90. The van der Waals surface area contributed by atoms with Crippen LogP contribution in [0, 0.1) is 0 Å². The highest BCUT2D eigenvalue weighted by Crippen LogP contribution is 2.43. The highest BCUT2D eigenvalue weighted by Gasteiger charge is 2.20. The van der Waals surface area contributed by atoms with Crippen molar-refractivity contribution >= 4 is 19.8 Å². The van der Waals surface area contributed by atoms with Gasteiger partial charge in [0.25, 0.3) is 0 Å². The number of unbranched alkanes of at least 4 members (excludes halogenated alkanes) is 6. The molecule has 0 saturated carbocycles. The molecule has 0 aromatic rings. The number of esters is 2. The average molecular weight is 438 g/mol. The van der Waals surface area contributed by atoms with Gasteiger partial charge in [0.1, 0.15) is 0 Å². The van der Waals surface area contributed by atoms with Gasteiger partial charge in [-0.05, 0) is 51.4 Å². The molecule has 0 rings (SSSR count). The fourth-order valence-electron chi connectivity index (χ4n) is 2.32. The quantitative estimate of drug-likeness (QED) is 0.162. The van der Waals surface area contributed by atoms with Crippen molar-refractivity contribution in [3.05, 3.63) is 0 Å². The molecule has 0 radical (unpaired) electrons. The largest absolute Gasteiger partial charge is 0.472 e. The van der Waals surface area contributed by atoms with Gasteiger partial charge in [-0.25, -0.2) is 4.57 Å². The van der Waals surface area contributed by atoms with E-state index in [0.29, 0.717) is 51.7 Å². The van der Waals surface area contributed by atoms with Gasteiger partial charge < -0.3 is 14.4 Å². The molecule has 29 heavy (non-hydrogen) atoms. The molecule has 0 aliphatic heterocycles. The van der Waals surface area contributed by atoms with Crippen molar-refractivity contribution in [2.24, 2.45) is 0 Å². The first-order chi connectivity index (χ1) is 13.9. The highest BCUT2D eigenvalue weighted by molar-refractivity contribution is 7.47. The summed E-state index contributed by atoms with van der Waals surface area (Å²) in [5, 5.41) is 0. The molecule has 172 valence electrons. The third kappa shape index (κ3) is 20.1. The van der Waals surface area contributed by atoms with Crippen molar-refractivity contribution in [1.29, 1.82) is 0 Å². The molecule has 0 bridgehead atoms. The summed E-state index contributed by atoms with van der Waals surface area (Å²) in [7, 11) is -4.03. The van der Waals surface area contributed by atoms with Crippen LogP contribution in [0.5, 0.6) is 0 Å². The minimum atomic E-state index is -4.03. The summed E-state index contributed by atoms with van der Waals surface area (Å²) in [4.78, 5) is 32.2. The van der Waals surface area contributed by atoms with Gasteiger partial charge in [0.15, 0.2) is 0 Å². The maximum atomic E-state index is 11.7. The summed E-state index contributed by atoms with van der Waals surface area (Å²) in [6.07, 6.45) is 8.54. The van der Waals surface area contributed by atoms with Crippen LogP contribution in [0.25, 0.3) is 0 Å². The Kier molecular flexibility index (Phi) is 18.4. The van der Waals surface area contributed by atoms with Gasteiger partial charge in [-0.3, -0.25) is 18.6 Å². The topological polar surface area (TPSA) is 108 Å². The Morgan fingerprint density at radius 1 is 0.655 bits per heavy atom. The predicted molar refractivity (Wildman–Crippen MR) is 110 cm³/mol. The molecule has 0 aliphatic rings. The molecule has 0 amide bonds. The predicted octanol–water partition coefficient (Wildman–Crippen LogP) is 4.93. The van der Waals surface area contributed by atoms with E-state index in [4.69, 9.17) is 18.5 Å². The standard InChI is InChI=1S/C20H39O8P/c1-3-5-13-19(21)25-15-9-7-11-17-27-29(23,24)28-18-12-8-10-16-26-20(22)14-6-4-2/h3-18H2,1-2H3,(H,23,24). The maximum Gasteiger partial charge on any atom is 0.472 e. The first-order valence-corrected chi connectivity index (χ1v) is 12.3. The minimum absolute atomic E-state index is 0.116. The molecule has 0 aromatic heterocycles. The molecule has 0 atom stereocenters. The molecule has 0 spiro atoms. The third-order valence-corrected chi connectivity index (χ3v) is 5.10. The Balaban J connectivity index is 3.50. The number of carbonyl (C=O) groups excluding carboxylic acids is 2.